The number of hydrogen-bond acceptors (Lipinski definition) is 2. The van der Waals surface area contributed by atoms with Crippen LogP contribution >= 0.6 is 0 Å². The second-order valence-corrected chi connectivity index (χ2v) is 4.63. The molecule has 1 rings (SSSR count). The smallest absolute Gasteiger partial charge is 0.0587 e. The maximum absolute atomic E-state index is 4.98. The second-order valence-electron chi connectivity index (χ2n) is 4.63. The number of hydrogen-bond donors (Lipinski definition) is 1. The van der Waals surface area contributed by atoms with Crippen LogP contribution in [0.4, 0.5) is 0 Å². The van der Waals surface area contributed by atoms with E-state index in [9.17, 15) is 0 Å². The Bertz CT molecular complexity index is 323. The van der Waals surface area contributed by atoms with Crippen molar-refractivity contribution in [1.82, 2.24) is 5.32 Å². The Hall–Kier alpha value is -0.860. The lowest BCUT2D eigenvalue weighted by Gasteiger charge is -2.07. The second kappa shape index (κ2) is 8.26. The monoisotopic (exact) mass is 235 g/mol. The highest BCUT2D eigenvalue weighted by Crippen LogP contribution is 2.13. The minimum atomic E-state index is 0.803. The summed E-state index contributed by atoms with van der Waals surface area (Å²) < 4.78 is 4.98. The Kier molecular flexibility index (Phi) is 6.90. The molecule has 0 aromatic heterocycles. The summed E-state index contributed by atoms with van der Waals surface area (Å²) in [7, 11) is 1.74. The van der Waals surface area contributed by atoms with Gasteiger partial charge in [0.1, 0.15) is 0 Å². The molecule has 0 aliphatic rings. The lowest BCUT2D eigenvalue weighted by Crippen LogP contribution is -2.20. The molecule has 0 bridgehead atoms. The summed E-state index contributed by atoms with van der Waals surface area (Å²) in [6.07, 6.45) is 3.68. The molecular formula is C15H25NO. The summed E-state index contributed by atoms with van der Waals surface area (Å²) in [5.74, 6) is 0. The largest absolute Gasteiger partial charge is 0.383 e. The van der Waals surface area contributed by atoms with Crippen molar-refractivity contribution >= 4 is 0 Å². The summed E-state index contributed by atoms with van der Waals surface area (Å²) in [5.41, 5.74) is 4.28. The fourth-order valence-electron chi connectivity index (χ4n) is 1.99. The molecule has 17 heavy (non-hydrogen) atoms. The van der Waals surface area contributed by atoms with Crippen molar-refractivity contribution in [3.05, 3.63) is 34.9 Å². The van der Waals surface area contributed by atoms with E-state index in [4.69, 9.17) is 4.74 Å². The number of aryl methyl sites for hydroxylation is 3. The third kappa shape index (κ3) is 5.85. The van der Waals surface area contributed by atoms with Crippen LogP contribution < -0.4 is 5.32 Å². The SMILES string of the molecule is COCCNCCCCc1ccc(C)cc1C. The maximum atomic E-state index is 4.98. The number of benzene rings is 1. The Morgan fingerprint density at radius 1 is 1.12 bits per heavy atom. The van der Waals surface area contributed by atoms with Gasteiger partial charge in [0.05, 0.1) is 6.61 Å². The van der Waals surface area contributed by atoms with E-state index < -0.39 is 0 Å². The first-order valence-corrected chi connectivity index (χ1v) is 6.50. The zero-order valence-electron chi connectivity index (χ0n) is 11.4. The minimum Gasteiger partial charge on any atom is -0.383 e. The lowest BCUT2D eigenvalue weighted by atomic mass is 10.0. The van der Waals surface area contributed by atoms with Gasteiger partial charge in [-0.25, -0.2) is 0 Å². The molecule has 0 unspecified atom stereocenters. The predicted octanol–water partition coefficient (Wildman–Crippen LogP) is 2.86. The number of unbranched alkanes of at least 4 members (excludes halogenated alkanes) is 1. The first kappa shape index (κ1) is 14.2. The van der Waals surface area contributed by atoms with Crippen molar-refractivity contribution < 1.29 is 4.74 Å². The normalized spacial score (nSPS) is 10.8. The van der Waals surface area contributed by atoms with Gasteiger partial charge in [0, 0.05) is 13.7 Å². The van der Waals surface area contributed by atoms with Crippen molar-refractivity contribution in [2.45, 2.75) is 33.1 Å². The molecule has 0 saturated heterocycles. The topological polar surface area (TPSA) is 21.3 Å². The van der Waals surface area contributed by atoms with E-state index in [2.05, 4.69) is 37.4 Å². The summed E-state index contributed by atoms with van der Waals surface area (Å²) in [4.78, 5) is 0. The van der Waals surface area contributed by atoms with Crippen LogP contribution in [0.5, 0.6) is 0 Å². The van der Waals surface area contributed by atoms with Crippen LogP contribution in [0.2, 0.25) is 0 Å². The Balaban J connectivity index is 2.14. The third-order valence-corrected chi connectivity index (χ3v) is 3.03. The van der Waals surface area contributed by atoms with E-state index in [-0.39, 0.29) is 0 Å². The molecule has 0 saturated carbocycles. The first-order chi connectivity index (χ1) is 8.24. The van der Waals surface area contributed by atoms with E-state index >= 15 is 0 Å². The molecule has 0 amide bonds. The van der Waals surface area contributed by atoms with Gasteiger partial charge >= 0.3 is 0 Å². The summed E-state index contributed by atoms with van der Waals surface area (Å²) in [5, 5.41) is 3.37. The number of ether oxygens (including phenoxy) is 1. The third-order valence-electron chi connectivity index (χ3n) is 3.03. The Morgan fingerprint density at radius 2 is 1.94 bits per heavy atom. The molecule has 0 atom stereocenters. The summed E-state index contributed by atoms with van der Waals surface area (Å²) in [6.45, 7) is 7.21. The van der Waals surface area contributed by atoms with Gasteiger partial charge in [0.25, 0.3) is 0 Å². The van der Waals surface area contributed by atoms with E-state index in [0.717, 1.165) is 19.7 Å². The molecular weight excluding hydrogens is 210 g/mol. The lowest BCUT2D eigenvalue weighted by molar-refractivity contribution is 0.199. The van der Waals surface area contributed by atoms with Crippen LogP contribution in [0, 0.1) is 13.8 Å². The van der Waals surface area contributed by atoms with Crippen LogP contribution in [0.25, 0.3) is 0 Å². The fraction of sp³-hybridized carbons (Fsp3) is 0.600. The molecule has 0 fully saturated rings. The minimum absolute atomic E-state index is 0.803. The van der Waals surface area contributed by atoms with E-state index in [0.29, 0.717) is 0 Å². The average Bonchev–Trinajstić information content (AvgIpc) is 2.30. The highest BCUT2D eigenvalue weighted by molar-refractivity contribution is 5.30. The van der Waals surface area contributed by atoms with Crippen molar-refractivity contribution in [3.8, 4) is 0 Å². The van der Waals surface area contributed by atoms with Crippen LogP contribution in [0.1, 0.15) is 29.5 Å². The molecule has 0 aliphatic carbocycles. The van der Waals surface area contributed by atoms with Crippen LogP contribution in [0.15, 0.2) is 18.2 Å². The Morgan fingerprint density at radius 3 is 2.65 bits per heavy atom. The Labute approximate surface area is 105 Å². The molecule has 1 aromatic carbocycles. The molecule has 1 N–H and O–H groups in total. The van der Waals surface area contributed by atoms with Crippen molar-refractivity contribution in [1.29, 1.82) is 0 Å². The average molecular weight is 235 g/mol. The summed E-state index contributed by atoms with van der Waals surface area (Å²) >= 11 is 0. The van der Waals surface area contributed by atoms with Gasteiger partial charge in [0.15, 0.2) is 0 Å². The van der Waals surface area contributed by atoms with Crippen LogP contribution in [0.3, 0.4) is 0 Å². The fourth-order valence-corrected chi connectivity index (χ4v) is 1.99. The van der Waals surface area contributed by atoms with Crippen molar-refractivity contribution in [2.24, 2.45) is 0 Å². The zero-order valence-corrected chi connectivity index (χ0v) is 11.4. The van der Waals surface area contributed by atoms with Gasteiger partial charge in [0.2, 0.25) is 0 Å². The molecule has 0 heterocycles. The van der Waals surface area contributed by atoms with Crippen molar-refractivity contribution in [3.63, 3.8) is 0 Å². The zero-order chi connectivity index (χ0) is 12.5. The quantitative estimate of drug-likeness (QED) is 0.700. The van der Waals surface area contributed by atoms with Gasteiger partial charge in [-0.15, -0.1) is 0 Å². The first-order valence-electron chi connectivity index (χ1n) is 6.50. The van der Waals surface area contributed by atoms with Crippen molar-refractivity contribution in [2.75, 3.05) is 26.8 Å². The van der Waals surface area contributed by atoms with Crippen LogP contribution in [-0.4, -0.2) is 26.8 Å². The molecule has 1 aromatic rings. The van der Waals surface area contributed by atoms with E-state index in [1.807, 2.05) is 0 Å². The molecule has 0 spiro atoms. The van der Waals surface area contributed by atoms with Gasteiger partial charge in [-0.1, -0.05) is 23.8 Å². The van der Waals surface area contributed by atoms with Crippen LogP contribution in [-0.2, 0) is 11.2 Å². The van der Waals surface area contributed by atoms with Gasteiger partial charge in [-0.3, -0.25) is 0 Å². The predicted molar refractivity (Wildman–Crippen MR) is 73.6 cm³/mol. The standard InChI is InChI=1S/C15H25NO/c1-13-7-8-15(14(2)12-13)6-4-5-9-16-10-11-17-3/h7-8,12,16H,4-6,9-11H2,1-3H3. The number of nitrogens with one attached hydrogen (secondary N) is 1. The van der Waals surface area contributed by atoms with E-state index in [1.54, 1.807) is 7.11 Å². The van der Waals surface area contributed by atoms with Gasteiger partial charge in [-0.2, -0.15) is 0 Å². The maximum Gasteiger partial charge on any atom is 0.0587 e. The molecule has 2 heteroatoms. The highest BCUT2D eigenvalue weighted by Gasteiger charge is 1.98. The number of rotatable bonds is 8. The van der Waals surface area contributed by atoms with E-state index in [1.165, 1.54) is 36.0 Å². The summed E-state index contributed by atoms with van der Waals surface area (Å²) in [6, 6.07) is 6.74. The highest BCUT2D eigenvalue weighted by atomic mass is 16.5. The molecule has 0 radical (unpaired) electrons. The molecule has 2 nitrogen and oxygen atoms in total. The van der Waals surface area contributed by atoms with Gasteiger partial charge in [-0.05, 0) is 50.8 Å². The molecule has 96 valence electrons. The van der Waals surface area contributed by atoms with Gasteiger partial charge < -0.3 is 10.1 Å². The molecule has 0 aliphatic heterocycles. The number of methoxy groups -OCH3 is 1.